The van der Waals surface area contributed by atoms with E-state index < -0.39 is 0 Å². The van der Waals surface area contributed by atoms with Gasteiger partial charge in [0.05, 0.1) is 7.11 Å². The third-order valence-corrected chi connectivity index (χ3v) is 2.56. The van der Waals surface area contributed by atoms with Gasteiger partial charge in [-0.3, -0.25) is 0 Å². The Balaban J connectivity index is 2.19. The van der Waals surface area contributed by atoms with E-state index in [0.717, 1.165) is 12.1 Å². The molecule has 0 bridgehead atoms. The zero-order valence-electron chi connectivity index (χ0n) is 10.1. The van der Waals surface area contributed by atoms with Gasteiger partial charge < -0.3 is 10.1 Å². The number of hydrogen-bond acceptors (Lipinski definition) is 5. The van der Waals surface area contributed by atoms with Crippen LogP contribution in [0.4, 0.5) is 11.6 Å². The van der Waals surface area contributed by atoms with Crippen LogP contribution in [0.15, 0.2) is 24.3 Å². The maximum atomic E-state index is 5.76. The zero-order valence-corrected chi connectivity index (χ0v) is 10.9. The molecule has 0 saturated heterocycles. The molecule has 0 radical (unpaired) electrons. The lowest BCUT2D eigenvalue weighted by molar-refractivity contribution is 0.379. The summed E-state index contributed by atoms with van der Waals surface area (Å²) in [5.41, 5.74) is 2.16. The monoisotopic (exact) mass is 264 g/mol. The SMILES string of the molecule is CCc1ccc(Nc2nc(Cl)nc(OC)n2)cc1. The molecule has 0 aliphatic heterocycles. The van der Waals surface area contributed by atoms with Crippen LogP contribution in [0.1, 0.15) is 12.5 Å². The van der Waals surface area contributed by atoms with E-state index in [1.54, 1.807) is 0 Å². The van der Waals surface area contributed by atoms with Crippen LogP contribution in [0.3, 0.4) is 0 Å². The molecule has 1 aromatic heterocycles. The third-order valence-electron chi connectivity index (χ3n) is 2.39. The van der Waals surface area contributed by atoms with Gasteiger partial charge in [-0.05, 0) is 35.7 Å². The highest BCUT2D eigenvalue weighted by atomic mass is 35.5. The first-order valence-corrected chi connectivity index (χ1v) is 5.90. The molecule has 0 atom stereocenters. The van der Waals surface area contributed by atoms with Crippen molar-refractivity contribution in [2.24, 2.45) is 0 Å². The Labute approximate surface area is 110 Å². The Kier molecular flexibility index (Phi) is 3.94. The third kappa shape index (κ3) is 3.07. The average molecular weight is 265 g/mol. The Morgan fingerprint density at radius 2 is 1.89 bits per heavy atom. The quantitative estimate of drug-likeness (QED) is 0.920. The Morgan fingerprint density at radius 1 is 1.17 bits per heavy atom. The Morgan fingerprint density at radius 3 is 2.50 bits per heavy atom. The van der Waals surface area contributed by atoms with E-state index in [4.69, 9.17) is 16.3 Å². The van der Waals surface area contributed by atoms with Crippen molar-refractivity contribution in [3.05, 3.63) is 35.1 Å². The molecule has 94 valence electrons. The van der Waals surface area contributed by atoms with E-state index in [1.165, 1.54) is 12.7 Å². The van der Waals surface area contributed by atoms with Gasteiger partial charge >= 0.3 is 6.01 Å². The number of anilines is 2. The van der Waals surface area contributed by atoms with E-state index in [0.29, 0.717) is 5.95 Å². The number of aryl methyl sites for hydroxylation is 1. The van der Waals surface area contributed by atoms with Crippen molar-refractivity contribution >= 4 is 23.2 Å². The zero-order chi connectivity index (χ0) is 13.0. The minimum absolute atomic E-state index is 0.0922. The fourth-order valence-corrected chi connectivity index (χ4v) is 1.58. The topological polar surface area (TPSA) is 59.9 Å². The molecule has 0 aliphatic carbocycles. The lowest BCUT2D eigenvalue weighted by Crippen LogP contribution is -2.01. The number of rotatable bonds is 4. The summed E-state index contributed by atoms with van der Waals surface area (Å²) in [5.74, 6) is 0.357. The molecule has 6 heteroatoms. The summed E-state index contributed by atoms with van der Waals surface area (Å²) in [5, 5.41) is 3.14. The first-order chi connectivity index (χ1) is 8.71. The van der Waals surface area contributed by atoms with Crippen molar-refractivity contribution in [1.82, 2.24) is 15.0 Å². The van der Waals surface area contributed by atoms with E-state index in [9.17, 15) is 0 Å². The molecule has 5 nitrogen and oxygen atoms in total. The minimum atomic E-state index is 0.0922. The smallest absolute Gasteiger partial charge is 0.322 e. The van der Waals surface area contributed by atoms with Crippen molar-refractivity contribution in [3.8, 4) is 6.01 Å². The highest BCUT2D eigenvalue weighted by Gasteiger charge is 2.05. The Bertz CT molecular complexity index is 530. The van der Waals surface area contributed by atoms with Crippen molar-refractivity contribution < 1.29 is 4.74 Å². The summed E-state index contributed by atoms with van der Waals surface area (Å²) in [6.45, 7) is 2.11. The molecular formula is C12H13ClN4O. The number of aromatic nitrogens is 3. The lowest BCUT2D eigenvalue weighted by atomic mass is 10.1. The van der Waals surface area contributed by atoms with E-state index >= 15 is 0 Å². The predicted octanol–water partition coefficient (Wildman–Crippen LogP) is 2.84. The standard InChI is InChI=1S/C12H13ClN4O/c1-3-8-4-6-9(7-5-8)14-11-15-10(13)16-12(17-11)18-2/h4-7H,3H2,1-2H3,(H,14,15,16,17). The average Bonchev–Trinajstić information content (AvgIpc) is 2.39. The van der Waals surface area contributed by atoms with E-state index in [-0.39, 0.29) is 11.3 Å². The molecule has 1 aromatic carbocycles. The van der Waals surface area contributed by atoms with Crippen LogP contribution < -0.4 is 10.1 Å². The molecule has 0 saturated carbocycles. The number of halogens is 1. The molecule has 0 spiro atoms. The van der Waals surface area contributed by atoms with Gasteiger partial charge in [-0.2, -0.15) is 15.0 Å². The van der Waals surface area contributed by atoms with Gasteiger partial charge in [0.15, 0.2) is 0 Å². The first-order valence-electron chi connectivity index (χ1n) is 5.53. The van der Waals surface area contributed by atoms with Gasteiger partial charge in [-0.25, -0.2) is 0 Å². The van der Waals surface area contributed by atoms with Gasteiger partial charge in [0.2, 0.25) is 11.2 Å². The predicted molar refractivity (Wildman–Crippen MR) is 70.5 cm³/mol. The van der Waals surface area contributed by atoms with Crippen LogP contribution in [0.25, 0.3) is 0 Å². The van der Waals surface area contributed by atoms with Crippen LogP contribution in [-0.4, -0.2) is 22.1 Å². The maximum Gasteiger partial charge on any atom is 0.322 e. The van der Waals surface area contributed by atoms with E-state index in [2.05, 4.69) is 27.2 Å². The Hall–Kier alpha value is -1.88. The molecule has 18 heavy (non-hydrogen) atoms. The maximum absolute atomic E-state index is 5.76. The van der Waals surface area contributed by atoms with Gasteiger partial charge in [-0.15, -0.1) is 0 Å². The van der Waals surface area contributed by atoms with Crippen LogP contribution in [0, 0.1) is 0 Å². The van der Waals surface area contributed by atoms with Gasteiger partial charge in [0.25, 0.3) is 0 Å². The fraction of sp³-hybridized carbons (Fsp3) is 0.250. The molecule has 0 unspecified atom stereocenters. The van der Waals surface area contributed by atoms with Crippen molar-refractivity contribution in [2.45, 2.75) is 13.3 Å². The summed E-state index contributed by atoms with van der Waals surface area (Å²) >= 11 is 5.76. The molecule has 0 amide bonds. The lowest BCUT2D eigenvalue weighted by Gasteiger charge is -2.06. The fourth-order valence-electron chi connectivity index (χ4n) is 1.43. The number of nitrogens with zero attached hydrogens (tertiary/aromatic N) is 3. The molecular weight excluding hydrogens is 252 g/mol. The minimum Gasteiger partial charge on any atom is -0.467 e. The van der Waals surface area contributed by atoms with Crippen molar-refractivity contribution in [2.75, 3.05) is 12.4 Å². The van der Waals surface area contributed by atoms with Gasteiger partial charge in [0.1, 0.15) is 0 Å². The second-order valence-corrected chi connectivity index (χ2v) is 3.93. The normalized spacial score (nSPS) is 10.2. The number of benzene rings is 1. The molecule has 0 fully saturated rings. The van der Waals surface area contributed by atoms with Crippen molar-refractivity contribution in [3.63, 3.8) is 0 Å². The largest absolute Gasteiger partial charge is 0.467 e. The number of methoxy groups -OCH3 is 1. The molecule has 0 aliphatic rings. The van der Waals surface area contributed by atoms with Crippen LogP contribution in [-0.2, 0) is 6.42 Å². The van der Waals surface area contributed by atoms with Crippen LogP contribution in [0.5, 0.6) is 6.01 Å². The van der Waals surface area contributed by atoms with Crippen LogP contribution >= 0.6 is 11.6 Å². The summed E-state index contributed by atoms with van der Waals surface area (Å²) in [6.07, 6.45) is 1.01. The first kappa shape index (κ1) is 12.6. The van der Waals surface area contributed by atoms with Gasteiger partial charge in [0, 0.05) is 5.69 Å². The molecule has 1 N–H and O–H groups in total. The van der Waals surface area contributed by atoms with Gasteiger partial charge in [-0.1, -0.05) is 19.1 Å². The molecule has 2 aromatic rings. The highest BCUT2D eigenvalue weighted by molar-refractivity contribution is 6.28. The summed E-state index contributed by atoms with van der Waals surface area (Å²) < 4.78 is 4.92. The second-order valence-electron chi connectivity index (χ2n) is 3.59. The number of nitrogens with one attached hydrogen (secondary N) is 1. The summed E-state index contributed by atoms with van der Waals surface area (Å²) in [6, 6.07) is 8.19. The number of ether oxygens (including phenoxy) is 1. The summed E-state index contributed by atoms with van der Waals surface area (Å²) in [7, 11) is 1.48. The number of hydrogen-bond donors (Lipinski definition) is 1. The highest BCUT2D eigenvalue weighted by Crippen LogP contribution is 2.17. The molecule has 1 heterocycles. The van der Waals surface area contributed by atoms with E-state index in [1.807, 2.05) is 24.3 Å². The van der Waals surface area contributed by atoms with Crippen molar-refractivity contribution in [1.29, 1.82) is 0 Å². The summed E-state index contributed by atoms with van der Waals surface area (Å²) in [4.78, 5) is 11.8. The second kappa shape index (κ2) is 5.64. The molecule has 2 rings (SSSR count). The van der Waals surface area contributed by atoms with Crippen LogP contribution in [0.2, 0.25) is 5.28 Å².